The van der Waals surface area contributed by atoms with Crippen LogP contribution < -0.4 is 5.56 Å². The number of H-pyrrole nitrogens is 2. The van der Waals surface area contributed by atoms with Gasteiger partial charge in [-0.05, 0) is 31.1 Å². The molecule has 0 aliphatic carbocycles. The van der Waals surface area contributed by atoms with Crippen LogP contribution in [0.2, 0.25) is 0 Å². The zero-order valence-electron chi connectivity index (χ0n) is 12.2. The first-order chi connectivity index (χ1) is 11.1. The lowest BCUT2D eigenvalue weighted by Gasteiger charge is -2.25. The summed E-state index contributed by atoms with van der Waals surface area (Å²) in [7, 11) is 0. The number of hydrogen-bond acceptors (Lipinski definition) is 6. The minimum atomic E-state index is -0.324. The van der Waals surface area contributed by atoms with Crippen molar-refractivity contribution in [2.75, 3.05) is 13.2 Å². The second-order valence-electron chi connectivity index (χ2n) is 5.19. The maximum Gasteiger partial charge on any atom is 0.410 e. The lowest BCUT2D eigenvalue weighted by Crippen LogP contribution is -2.36. The molecule has 0 saturated carbocycles. The maximum absolute atomic E-state index is 12.7. The Labute approximate surface area is 138 Å². The molecule has 0 spiro atoms. The van der Waals surface area contributed by atoms with Gasteiger partial charge in [0, 0.05) is 11.4 Å². The number of fused-ring (bicyclic) bond motifs is 4. The summed E-state index contributed by atoms with van der Waals surface area (Å²) in [6.07, 6.45) is 0.285. The molecule has 23 heavy (non-hydrogen) atoms. The summed E-state index contributed by atoms with van der Waals surface area (Å²) in [5.74, 6) is 0.397. The van der Waals surface area contributed by atoms with Gasteiger partial charge in [-0.2, -0.15) is 0 Å². The van der Waals surface area contributed by atoms with E-state index in [4.69, 9.17) is 17.0 Å². The van der Waals surface area contributed by atoms with Crippen LogP contribution in [0.1, 0.15) is 17.4 Å². The number of nitrogens with zero attached hydrogens (tertiary/aromatic N) is 3. The van der Waals surface area contributed by atoms with Gasteiger partial charge >= 0.3 is 6.09 Å². The lowest BCUT2D eigenvalue weighted by atomic mass is 10.1. The zero-order valence-corrected chi connectivity index (χ0v) is 13.8. The number of aromatic amines is 2. The van der Waals surface area contributed by atoms with E-state index in [9.17, 15) is 9.59 Å². The van der Waals surface area contributed by atoms with Gasteiger partial charge in [-0.15, -0.1) is 11.3 Å². The molecule has 3 aromatic heterocycles. The minimum Gasteiger partial charge on any atom is -0.450 e. The summed E-state index contributed by atoms with van der Waals surface area (Å²) in [5.41, 5.74) is 0.794. The summed E-state index contributed by atoms with van der Waals surface area (Å²) < 4.78 is 6.71. The number of carbonyl (C=O) groups excluding carboxylic acids is 1. The molecule has 10 heteroatoms. The van der Waals surface area contributed by atoms with Crippen molar-refractivity contribution in [3.63, 3.8) is 0 Å². The van der Waals surface area contributed by atoms with Gasteiger partial charge in [0.1, 0.15) is 4.83 Å². The van der Waals surface area contributed by atoms with Crippen LogP contribution >= 0.6 is 23.6 Å². The van der Waals surface area contributed by atoms with Gasteiger partial charge < -0.3 is 9.64 Å². The third-order valence-electron chi connectivity index (χ3n) is 3.88. The van der Waals surface area contributed by atoms with E-state index in [2.05, 4.69) is 15.2 Å². The van der Waals surface area contributed by atoms with Gasteiger partial charge in [0.05, 0.1) is 18.5 Å². The molecule has 1 amide bonds. The van der Waals surface area contributed by atoms with Gasteiger partial charge in [0.25, 0.3) is 5.56 Å². The van der Waals surface area contributed by atoms with Crippen molar-refractivity contribution in [3.8, 4) is 0 Å². The standard InChI is InChI=1S/C13H13N5O3S2/c1-2-21-13(20)17-4-3-6-7(5-17)23-9-8(6)10(19)18-11(14-9)15-16-12(18)22/h2-5H2,1H3,(H,14,15)(H,16,22). The molecule has 1 aliphatic heterocycles. The van der Waals surface area contributed by atoms with Crippen molar-refractivity contribution in [2.24, 2.45) is 0 Å². The predicted molar refractivity (Wildman–Crippen MR) is 87.5 cm³/mol. The number of hydrogen-bond donors (Lipinski definition) is 2. The highest BCUT2D eigenvalue weighted by Crippen LogP contribution is 2.32. The van der Waals surface area contributed by atoms with Crippen LogP contribution in [-0.4, -0.2) is 43.7 Å². The summed E-state index contributed by atoms with van der Waals surface area (Å²) in [6.45, 7) is 3.10. The molecule has 0 bridgehead atoms. The average molecular weight is 351 g/mol. The monoisotopic (exact) mass is 351 g/mol. The topological polar surface area (TPSA) is 95.5 Å². The predicted octanol–water partition coefficient (Wildman–Crippen LogP) is 1.81. The van der Waals surface area contributed by atoms with Gasteiger partial charge in [-0.3, -0.25) is 15.0 Å². The Morgan fingerprint density at radius 1 is 1.48 bits per heavy atom. The largest absolute Gasteiger partial charge is 0.450 e. The van der Waals surface area contributed by atoms with Gasteiger partial charge in [0.2, 0.25) is 10.5 Å². The van der Waals surface area contributed by atoms with E-state index >= 15 is 0 Å². The van der Waals surface area contributed by atoms with E-state index in [-0.39, 0.29) is 11.7 Å². The SMILES string of the molecule is CCOC(=O)N1CCc2c(sc3nc4[nH][nH]c(=S)n4c(=O)c23)C1. The Hall–Kier alpha value is -2.20. The van der Waals surface area contributed by atoms with E-state index in [1.54, 1.807) is 11.8 Å². The molecule has 1 aliphatic rings. The number of amides is 1. The highest BCUT2D eigenvalue weighted by Gasteiger charge is 2.27. The molecule has 2 N–H and O–H groups in total. The Morgan fingerprint density at radius 3 is 3.09 bits per heavy atom. The van der Waals surface area contributed by atoms with E-state index in [0.29, 0.717) is 46.9 Å². The second-order valence-corrected chi connectivity index (χ2v) is 6.66. The van der Waals surface area contributed by atoms with Crippen LogP contribution in [-0.2, 0) is 17.7 Å². The number of nitrogens with one attached hydrogen (secondary N) is 2. The van der Waals surface area contributed by atoms with Gasteiger partial charge in [0.15, 0.2) is 0 Å². The molecule has 0 atom stereocenters. The summed E-state index contributed by atoms with van der Waals surface area (Å²) in [4.78, 5) is 32.4. The molecule has 8 nitrogen and oxygen atoms in total. The van der Waals surface area contributed by atoms with Crippen molar-refractivity contribution in [2.45, 2.75) is 19.9 Å². The van der Waals surface area contributed by atoms with Gasteiger partial charge in [-0.1, -0.05) is 0 Å². The van der Waals surface area contributed by atoms with Crippen molar-refractivity contribution < 1.29 is 9.53 Å². The van der Waals surface area contributed by atoms with Crippen LogP contribution in [0.25, 0.3) is 16.0 Å². The smallest absolute Gasteiger partial charge is 0.410 e. The van der Waals surface area contributed by atoms with Crippen molar-refractivity contribution in [1.29, 1.82) is 0 Å². The Bertz CT molecular complexity index is 1040. The fourth-order valence-corrected chi connectivity index (χ4v) is 4.30. The molecular formula is C13H13N5O3S2. The quantitative estimate of drug-likeness (QED) is 0.652. The Morgan fingerprint density at radius 2 is 2.30 bits per heavy atom. The van der Waals surface area contributed by atoms with E-state index in [0.717, 1.165) is 10.4 Å². The fourth-order valence-electron chi connectivity index (χ4n) is 2.85. The number of ether oxygens (including phenoxy) is 1. The first kappa shape index (κ1) is 14.4. The highest BCUT2D eigenvalue weighted by atomic mass is 32.1. The van der Waals surface area contributed by atoms with Crippen molar-refractivity contribution in [1.82, 2.24) is 24.5 Å². The first-order valence-corrected chi connectivity index (χ1v) is 8.38. The van der Waals surface area contributed by atoms with Gasteiger partial charge in [-0.25, -0.2) is 14.2 Å². The number of rotatable bonds is 1. The average Bonchev–Trinajstić information content (AvgIpc) is 3.08. The summed E-state index contributed by atoms with van der Waals surface area (Å²) in [5, 5.41) is 6.12. The van der Waals surface area contributed by atoms with Crippen LogP contribution in [0.5, 0.6) is 0 Å². The number of thiophene rings is 1. The van der Waals surface area contributed by atoms with E-state index in [1.165, 1.54) is 15.7 Å². The van der Waals surface area contributed by atoms with E-state index < -0.39 is 0 Å². The van der Waals surface area contributed by atoms with Crippen LogP contribution in [0.3, 0.4) is 0 Å². The molecule has 0 unspecified atom stereocenters. The zero-order chi connectivity index (χ0) is 16.1. The third-order valence-corrected chi connectivity index (χ3v) is 5.28. The molecule has 4 rings (SSSR count). The van der Waals surface area contributed by atoms with Crippen molar-refractivity contribution >= 4 is 45.6 Å². The molecule has 0 saturated heterocycles. The summed E-state index contributed by atoms with van der Waals surface area (Å²) in [6, 6.07) is 0. The third kappa shape index (κ3) is 2.09. The van der Waals surface area contributed by atoms with E-state index in [1.807, 2.05) is 0 Å². The molecule has 4 heterocycles. The fraction of sp³-hybridized carbons (Fsp3) is 0.385. The van der Waals surface area contributed by atoms with Crippen LogP contribution in [0.15, 0.2) is 4.79 Å². The molecule has 0 aromatic carbocycles. The Kier molecular flexibility index (Phi) is 3.23. The Balaban J connectivity index is 1.87. The highest BCUT2D eigenvalue weighted by molar-refractivity contribution is 7.71. The second kappa shape index (κ2) is 5.17. The van der Waals surface area contributed by atoms with Crippen LogP contribution in [0, 0.1) is 4.77 Å². The van der Waals surface area contributed by atoms with Crippen LogP contribution in [0.4, 0.5) is 4.79 Å². The molecule has 120 valence electrons. The molecule has 3 aromatic rings. The van der Waals surface area contributed by atoms with Crippen molar-refractivity contribution in [3.05, 3.63) is 25.6 Å². The maximum atomic E-state index is 12.7. The lowest BCUT2D eigenvalue weighted by molar-refractivity contribution is 0.103. The molecule has 0 radical (unpaired) electrons. The number of aromatic nitrogens is 4. The number of carbonyl (C=O) groups is 1. The first-order valence-electron chi connectivity index (χ1n) is 7.15. The summed E-state index contributed by atoms with van der Waals surface area (Å²) >= 11 is 6.55. The molecule has 0 fully saturated rings. The minimum absolute atomic E-state index is 0.172. The normalized spacial score (nSPS) is 14.4. The molecular weight excluding hydrogens is 338 g/mol.